The molecule has 1 unspecified atom stereocenters. The molecule has 152 valence electrons. The fourth-order valence-corrected chi connectivity index (χ4v) is 3.00. The maximum atomic E-state index is 13.0. The lowest BCUT2D eigenvalue weighted by atomic mass is 10.0. The second kappa shape index (κ2) is 8.26. The summed E-state index contributed by atoms with van der Waals surface area (Å²) in [6.45, 7) is 3.52. The summed E-state index contributed by atoms with van der Waals surface area (Å²) in [5, 5.41) is 9.65. The van der Waals surface area contributed by atoms with Crippen LogP contribution < -0.4 is 19.6 Å². The van der Waals surface area contributed by atoms with Crippen molar-refractivity contribution in [2.24, 2.45) is 5.92 Å². The predicted molar refractivity (Wildman–Crippen MR) is 108 cm³/mol. The van der Waals surface area contributed by atoms with Gasteiger partial charge in [0.05, 0.1) is 25.2 Å². The molecule has 7 nitrogen and oxygen atoms in total. The molecule has 0 saturated carbocycles. The van der Waals surface area contributed by atoms with E-state index < -0.39 is 12.1 Å². The van der Waals surface area contributed by atoms with E-state index in [1.54, 1.807) is 44.2 Å². The third-order valence-electron chi connectivity index (χ3n) is 4.55. The van der Waals surface area contributed by atoms with Crippen LogP contribution in [0.25, 0.3) is 22.1 Å². The van der Waals surface area contributed by atoms with Gasteiger partial charge in [0.2, 0.25) is 0 Å². The Labute approximate surface area is 167 Å². The lowest BCUT2D eigenvalue weighted by Crippen LogP contribution is -2.32. The minimum atomic E-state index is -1.05. The molecule has 0 aliphatic carbocycles. The van der Waals surface area contributed by atoms with Crippen LogP contribution in [0.5, 0.6) is 17.2 Å². The van der Waals surface area contributed by atoms with Crippen LogP contribution in [0.4, 0.5) is 0 Å². The van der Waals surface area contributed by atoms with Gasteiger partial charge in [0.1, 0.15) is 17.6 Å². The third kappa shape index (κ3) is 4.03. The minimum Gasteiger partial charge on any atom is -0.493 e. The molecule has 7 heteroatoms. The Morgan fingerprint density at radius 2 is 1.76 bits per heavy atom. The molecule has 0 fully saturated rings. The van der Waals surface area contributed by atoms with Crippen molar-refractivity contribution in [2.45, 2.75) is 20.0 Å². The van der Waals surface area contributed by atoms with Gasteiger partial charge in [-0.25, -0.2) is 4.79 Å². The lowest BCUT2D eigenvalue weighted by molar-refractivity contribution is -0.147. The predicted octanol–water partition coefficient (Wildman–Crippen LogP) is 3.97. The summed E-state index contributed by atoms with van der Waals surface area (Å²) in [6.07, 6.45) is 0.373. The summed E-state index contributed by atoms with van der Waals surface area (Å²) < 4.78 is 21.7. The number of ether oxygens (including phenoxy) is 3. The summed E-state index contributed by atoms with van der Waals surface area (Å²) in [4.78, 5) is 24.3. The van der Waals surface area contributed by atoms with E-state index in [1.165, 1.54) is 26.5 Å². The normalized spacial score (nSPS) is 12.0. The van der Waals surface area contributed by atoms with E-state index in [4.69, 9.17) is 18.6 Å². The van der Waals surface area contributed by atoms with Gasteiger partial charge in [0, 0.05) is 12.0 Å². The number of fused-ring (bicyclic) bond motifs is 1. The summed E-state index contributed by atoms with van der Waals surface area (Å²) in [7, 11) is 3.06. The first-order chi connectivity index (χ1) is 13.8. The van der Waals surface area contributed by atoms with Gasteiger partial charge in [-0.3, -0.25) is 4.79 Å². The second-order valence-corrected chi connectivity index (χ2v) is 6.83. The number of hydrogen-bond acceptors (Lipinski definition) is 6. The Morgan fingerprint density at radius 1 is 1.03 bits per heavy atom. The first-order valence-corrected chi connectivity index (χ1v) is 9.03. The average molecular weight is 398 g/mol. The zero-order chi connectivity index (χ0) is 21.1. The molecule has 1 heterocycles. The molecule has 1 atom stereocenters. The van der Waals surface area contributed by atoms with Gasteiger partial charge in [0.15, 0.2) is 23.0 Å². The van der Waals surface area contributed by atoms with Crippen molar-refractivity contribution in [3.63, 3.8) is 0 Å². The molecule has 0 aliphatic heterocycles. The van der Waals surface area contributed by atoms with Crippen LogP contribution in [0.2, 0.25) is 0 Å². The molecule has 3 rings (SSSR count). The number of methoxy groups -OCH3 is 2. The topological polar surface area (TPSA) is 95.2 Å². The number of aliphatic carboxylic acids is 1. The fraction of sp³-hybridized carbons (Fsp3) is 0.273. The third-order valence-corrected chi connectivity index (χ3v) is 4.55. The van der Waals surface area contributed by atoms with Crippen LogP contribution in [-0.4, -0.2) is 31.4 Å². The fourth-order valence-electron chi connectivity index (χ4n) is 3.00. The minimum absolute atomic E-state index is 0.219. The molecule has 0 aliphatic rings. The molecule has 29 heavy (non-hydrogen) atoms. The molecule has 0 spiro atoms. The van der Waals surface area contributed by atoms with E-state index in [0.717, 1.165) is 0 Å². The maximum absolute atomic E-state index is 13.0. The van der Waals surface area contributed by atoms with Crippen LogP contribution in [-0.2, 0) is 4.79 Å². The smallest absolute Gasteiger partial charge is 0.345 e. The van der Waals surface area contributed by atoms with Crippen LogP contribution >= 0.6 is 0 Å². The molecular weight excluding hydrogens is 376 g/mol. The highest BCUT2D eigenvalue weighted by molar-refractivity contribution is 5.83. The van der Waals surface area contributed by atoms with Crippen LogP contribution in [0.1, 0.15) is 13.8 Å². The molecule has 0 radical (unpaired) electrons. The van der Waals surface area contributed by atoms with Crippen LogP contribution in [0, 0.1) is 5.92 Å². The van der Waals surface area contributed by atoms with Crippen molar-refractivity contribution in [3.05, 3.63) is 52.9 Å². The Balaban J connectivity index is 2.01. The standard InChI is InChI=1S/C22H22O7/c1-12(2)21(22(24)25)29-14-6-7-15-18(10-14)28-11-16(20(15)23)13-5-8-17(26-3)19(9-13)27-4/h5-12,21H,1-4H3,(H,24,25). The summed E-state index contributed by atoms with van der Waals surface area (Å²) >= 11 is 0. The lowest BCUT2D eigenvalue weighted by Gasteiger charge is -2.18. The summed E-state index contributed by atoms with van der Waals surface area (Å²) in [5.41, 5.74) is 1.09. The van der Waals surface area contributed by atoms with Gasteiger partial charge in [0.25, 0.3) is 0 Å². The van der Waals surface area contributed by atoms with Crippen molar-refractivity contribution in [2.75, 3.05) is 14.2 Å². The van der Waals surface area contributed by atoms with Gasteiger partial charge in [-0.05, 0) is 29.8 Å². The van der Waals surface area contributed by atoms with Gasteiger partial charge in [-0.15, -0.1) is 0 Å². The number of rotatable bonds is 7. The van der Waals surface area contributed by atoms with Gasteiger partial charge >= 0.3 is 5.97 Å². The van der Waals surface area contributed by atoms with E-state index >= 15 is 0 Å². The molecule has 0 amide bonds. The van der Waals surface area contributed by atoms with Crippen LogP contribution in [0.15, 0.2) is 51.9 Å². The van der Waals surface area contributed by atoms with E-state index in [-0.39, 0.29) is 11.3 Å². The van der Waals surface area contributed by atoms with Gasteiger partial charge < -0.3 is 23.7 Å². The highest BCUT2D eigenvalue weighted by Crippen LogP contribution is 2.32. The largest absolute Gasteiger partial charge is 0.493 e. The highest BCUT2D eigenvalue weighted by Gasteiger charge is 2.23. The molecule has 1 N–H and O–H groups in total. The molecule has 0 saturated heterocycles. The molecule has 2 aromatic carbocycles. The van der Waals surface area contributed by atoms with Crippen molar-refractivity contribution >= 4 is 16.9 Å². The SMILES string of the molecule is COc1ccc(-c2coc3cc(OC(C(=O)O)C(C)C)ccc3c2=O)cc1OC. The number of benzene rings is 2. The molecular formula is C22H22O7. The maximum Gasteiger partial charge on any atom is 0.345 e. The van der Waals surface area contributed by atoms with E-state index in [2.05, 4.69) is 0 Å². The second-order valence-electron chi connectivity index (χ2n) is 6.83. The average Bonchev–Trinajstić information content (AvgIpc) is 2.71. The zero-order valence-corrected chi connectivity index (χ0v) is 16.6. The van der Waals surface area contributed by atoms with Crippen LogP contribution in [0.3, 0.4) is 0 Å². The number of hydrogen-bond donors (Lipinski definition) is 1. The summed E-state index contributed by atoms with van der Waals surface area (Å²) in [5.74, 6) is 0.108. The van der Waals surface area contributed by atoms with Crippen molar-refractivity contribution in [1.82, 2.24) is 0 Å². The van der Waals surface area contributed by atoms with E-state index in [0.29, 0.717) is 39.3 Å². The van der Waals surface area contributed by atoms with Crippen molar-refractivity contribution in [1.29, 1.82) is 0 Å². The first kappa shape index (κ1) is 20.3. The Kier molecular flexibility index (Phi) is 5.77. The van der Waals surface area contributed by atoms with Gasteiger partial charge in [-0.2, -0.15) is 0 Å². The molecule has 1 aromatic heterocycles. The quantitative estimate of drug-likeness (QED) is 0.643. The Morgan fingerprint density at radius 3 is 2.38 bits per heavy atom. The van der Waals surface area contributed by atoms with Gasteiger partial charge in [-0.1, -0.05) is 19.9 Å². The van der Waals surface area contributed by atoms with E-state index in [1.807, 2.05) is 0 Å². The molecule has 0 bridgehead atoms. The highest BCUT2D eigenvalue weighted by atomic mass is 16.5. The monoisotopic (exact) mass is 398 g/mol. The first-order valence-electron chi connectivity index (χ1n) is 9.03. The number of carboxylic acids is 1. The number of carbonyl (C=O) groups is 1. The van der Waals surface area contributed by atoms with Crippen molar-refractivity contribution in [3.8, 4) is 28.4 Å². The summed E-state index contributed by atoms with van der Waals surface area (Å²) in [6, 6.07) is 9.82. The Bertz CT molecular complexity index is 1100. The zero-order valence-electron chi connectivity index (χ0n) is 16.6. The number of carboxylic acid groups (broad SMARTS) is 1. The van der Waals surface area contributed by atoms with Crippen molar-refractivity contribution < 1.29 is 28.5 Å². The van der Waals surface area contributed by atoms with E-state index in [9.17, 15) is 14.7 Å². The Hall–Kier alpha value is -3.48. The molecule has 3 aromatic rings.